The average Bonchev–Trinajstić information content (AvgIpc) is 3.16. The summed E-state index contributed by atoms with van der Waals surface area (Å²) in [7, 11) is 4.84. The van der Waals surface area contributed by atoms with Crippen LogP contribution in [0.4, 0.5) is 10.1 Å². The number of rotatable bonds is 10. The maximum atomic E-state index is 13.8. The van der Waals surface area contributed by atoms with Crippen LogP contribution in [0.2, 0.25) is 0 Å². The number of benzene rings is 2. The molecule has 0 bridgehead atoms. The summed E-state index contributed by atoms with van der Waals surface area (Å²) in [6.45, 7) is 0. The average molecular weight is 456 g/mol. The van der Waals surface area contributed by atoms with Crippen LogP contribution in [0.25, 0.3) is 10.9 Å². The number of carbonyl (C=O) groups is 2. The number of nitro groups is 1. The van der Waals surface area contributed by atoms with Crippen molar-refractivity contribution >= 4 is 28.7 Å². The third-order valence-electron chi connectivity index (χ3n) is 5.82. The fourth-order valence-corrected chi connectivity index (χ4v) is 4.05. The lowest BCUT2D eigenvalue weighted by molar-refractivity contribution is -0.383. The Labute approximate surface area is 189 Å². The molecule has 3 N–H and O–H groups in total. The van der Waals surface area contributed by atoms with E-state index >= 15 is 0 Å². The first-order valence-electron chi connectivity index (χ1n) is 10.2. The fourth-order valence-electron chi connectivity index (χ4n) is 4.05. The number of carbonyl (C=O) groups excluding carboxylic acids is 2. The summed E-state index contributed by atoms with van der Waals surface area (Å²) in [5.41, 5.74) is -0.706. The minimum absolute atomic E-state index is 0.00379. The van der Waals surface area contributed by atoms with Gasteiger partial charge in [-0.25, -0.2) is 4.39 Å². The van der Waals surface area contributed by atoms with Crippen molar-refractivity contribution in [3.05, 3.63) is 69.7 Å². The Morgan fingerprint density at radius 3 is 2.67 bits per heavy atom. The van der Waals surface area contributed by atoms with Crippen LogP contribution >= 0.6 is 0 Å². The molecule has 10 heteroatoms. The zero-order chi connectivity index (χ0) is 24.3. The number of aromatic amines is 1. The SMILES string of the molecule is CNC(C=O)(Cc1cccc(O)c1)C(=O)C(Cc1c[nH]c2cc(F)cc([N+](=O)[O-])c12)N(C)C. The van der Waals surface area contributed by atoms with E-state index in [1.807, 2.05) is 0 Å². The number of likely N-dealkylation sites (N-methyl/N-ethyl adjacent to an activating group) is 2. The van der Waals surface area contributed by atoms with Gasteiger partial charge in [-0.1, -0.05) is 12.1 Å². The van der Waals surface area contributed by atoms with Crippen molar-refractivity contribution in [2.24, 2.45) is 0 Å². The van der Waals surface area contributed by atoms with Crippen LogP contribution in [0.5, 0.6) is 5.75 Å². The van der Waals surface area contributed by atoms with E-state index in [0.717, 1.165) is 12.1 Å². The molecule has 0 spiro atoms. The van der Waals surface area contributed by atoms with Crippen LogP contribution in [0, 0.1) is 15.9 Å². The predicted octanol–water partition coefficient (Wildman–Crippen LogP) is 2.36. The Balaban J connectivity index is 2.02. The van der Waals surface area contributed by atoms with E-state index in [1.54, 1.807) is 31.1 Å². The van der Waals surface area contributed by atoms with E-state index in [-0.39, 0.29) is 29.5 Å². The summed E-state index contributed by atoms with van der Waals surface area (Å²) in [6, 6.07) is 7.46. The first-order valence-corrected chi connectivity index (χ1v) is 10.2. The second-order valence-corrected chi connectivity index (χ2v) is 8.15. The van der Waals surface area contributed by atoms with Crippen LogP contribution in [0.1, 0.15) is 11.1 Å². The molecule has 2 atom stereocenters. The number of aromatic nitrogens is 1. The number of aldehydes is 1. The first kappa shape index (κ1) is 24.0. The summed E-state index contributed by atoms with van der Waals surface area (Å²) >= 11 is 0. The Bertz CT molecular complexity index is 1210. The number of halogens is 1. The van der Waals surface area contributed by atoms with Gasteiger partial charge in [-0.05, 0) is 56.9 Å². The number of H-pyrrole nitrogens is 1. The van der Waals surface area contributed by atoms with Gasteiger partial charge >= 0.3 is 0 Å². The van der Waals surface area contributed by atoms with Gasteiger partial charge in [0.15, 0.2) is 5.78 Å². The van der Waals surface area contributed by atoms with Gasteiger partial charge in [0.25, 0.3) is 5.69 Å². The third-order valence-corrected chi connectivity index (χ3v) is 5.82. The summed E-state index contributed by atoms with van der Waals surface area (Å²) in [5.74, 6) is -1.17. The molecule has 0 radical (unpaired) electrons. The minimum atomic E-state index is -1.59. The molecule has 174 valence electrons. The van der Waals surface area contributed by atoms with E-state index in [0.29, 0.717) is 17.4 Å². The largest absolute Gasteiger partial charge is 0.508 e. The van der Waals surface area contributed by atoms with Gasteiger partial charge in [-0.2, -0.15) is 0 Å². The van der Waals surface area contributed by atoms with E-state index < -0.39 is 33.8 Å². The van der Waals surface area contributed by atoms with Crippen LogP contribution in [-0.2, 0) is 22.4 Å². The summed E-state index contributed by atoms with van der Waals surface area (Å²) < 4.78 is 13.8. The highest BCUT2D eigenvalue weighted by Crippen LogP contribution is 2.31. The first-order chi connectivity index (χ1) is 15.6. The molecule has 0 aliphatic rings. The summed E-state index contributed by atoms with van der Waals surface area (Å²) in [5, 5.41) is 24.3. The summed E-state index contributed by atoms with van der Waals surface area (Å²) in [6.07, 6.45) is 2.11. The van der Waals surface area contributed by atoms with E-state index in [1.165, 1.54) is 25.4 Å². The van der Waals surface area contributed by atoms with Gasteiger partial charge in [0, 0.05) is 12.6 Å². The van der Waals surface area contributed by atoms with Crippen LogP contribution < -0.4 is 5.32 Å². The number of non-ortho nitro benzene ring substituents is 1. The number of hydrogen-bond acceptors (Lipinski definition) is 7. The molecule has 1 heterocycles. The lowest BCUT2D eigenvalue weighted by Crippen LogP contribution is -2.60. The normalized spacial score (nSPS) is 14.2. The molecule has 2 unspecified atom stereocenters. The second kappa shape index (κ2) is 9.47. The van der Waals surface area contributed by atoms with Crippen molar-refractivity contribution in [2.45, 2.75) is 24.4 Å². The number of nitro benzene ring substituents is 1. The Kier molecular flexibility index (Phi) is 6.89. The molecule has 3 rings (SSSR count). The quantitative estimate of drug-likeness (QED) is 0.185. The second-order valence-electron chi connectivity index (χ2n) is 8.15. The van der Waals surface area contributed by atoms with Crippen LogP contribution in [0.15, 0.2) is 42.6 Å². The number of phenols is 1. The molecule has 0 aliphatic carbocycles. The van der Waals surface area contributed by atoms with Crippen molar-refractivity contribution in [1.82, 2.24) is 15.2 Å². The highest BCUT2D eigenvalue weighted by atomic mass is 19.1. The Morgan fingerprint density at radius 1 is 1.36 bits per heavy atom. The molecule has 0 amide bonds. The molecule has 2 aromatic carbocycles. The maximum Gasteiger partial charge on any atom is 0.281 e. The molecule has 3 aromatic rings. The number of phenolic OH excluding ortho intramolecular Hbond substituents is 1. The fraction of sp³-hybridized carbons (Fsp3) is 0.304. The lowest BCUT2D eigenvalue weighted by Gasteiger charge is -2.33. The van der Waals surface area contributed by atoms with Crippen LogP contribution in [-0.4, -0.2) is 64.7 Å². The number of aromatic hydroxyl groups is 1. The molecular formula is C23H25FN4O5. The monoisotopic (exact) mass is 456 g/mol. The highest BCUT2D eigenvalue weighted by Gasteiger charge is 2.42. The third kappa shape index (κ3) is 4.76. The van der Waals surface area contributed by atoms with Crippen molar-refractivity contribution in [3.63, 3.8) is 0 Å². The number of Topliss-reactive ketones (excluding diaryl/α,β-unsaturated/α-hetero) is 1. The molecule has 0 fully saturated rings. The number of ketones is 1. The van der Waals surface area contributed by atoms with Gasteiger partial charge in [0.05, 0.1) is 27.9 Å². The zero-order valence-electron chi connectivity index (χ0n) is 18.5. The standard InChI is InChI=1S/C23H25FN4O5/c1-25-23(13-29,11-14-5-4-6-17(30)7-14)22(31)20(27(2)3)8-15-12-26-18-9-16(24)10-19(21(15)18)28(32)33/h4-7,9-10,12-13,20,25-26,30H,8,11H2,1-3H3. The van der Waals surface area contributed by atoms with Crippen molar-refractivity contribution in [1.29, 1.82) is 0 Å². The van der Waals surface area contributed by atoms with Gasteiger partial charge in [-0.15, -0.1) is 0 Å². The maximum absolute atomic E-state index is 13.8. The molecule has 33 heavy (non-hydrogen) atoms. The van der Waals surface area contributed by atoms with Crippen molar-refractivity contribution in [3.8, 4) is 5.75 Å². The molecule has 0 saturated carbocycles. The van der Waals surface area contributed by atoms with E-state index in [9.17, 15) is 29.2 Å². The van der Waals surface area contributed by atoms with Crippen LogP contribution in [0.3, 0.4) is 0 Å². The van der Waals surface area contributed by atoms with Gasteiger partial charge < -0.3 is 20.2 Å². The van der Waals surface area contributed by atoms with E-state index in [2.05, 4.69) is 10.3 Å². The molecule has 0 saturated heterocycles. The molecular weight excluding hydrogens is 431 g/mol. The summed E-state index contributed by atoms with van der Waals surface area (Å²) in [4.78, 5) is 41.2. The highest BCUT2D eigenvalue weighted by molar-refractivity contribution is 6.06. The number of nitrogens with one attached hydrogen (secondary N) is 2. The molecule has 0 aliphatic heterocycles. The number of hydrogen-bond donors (Lipinski definition) is 3. The Morgan fingerprint density at radius 2 is 2.09 bits per heavy atom. The number of nitrogens with zero attached hydrogens (tertiary/aromatic N) is 2. The number of fused-ring (bicyclic) bond motifs is 1. The van der Waals surface area contributed by atoms with Gasteiger partial charge in [-0.3, -0.25) is 19.8 Å². The lowest BCUT2D eigenvalue weighted by atomic mass is 9.82. The van der Waals surface area contributed by atoms with Gasteiger partial charge in [0.2, 0.25) is 0 Å². The van der Waals surface area contributed by atoms with Crippen molar-refractivity contribution in [2.75, 3.05) is 21.1 Å². The predicted molar refractivity (Wildman–Crippen MR) is 121 cm³/mol. The molecule has 1 aromatic heterocycles. The smallest absolute Gasteiger partial charge is 0.281 e. The zero-order valence-corrected chi connectivity index (χ0v) is 18.5. The minimum Gasteiger partial charge on any atom is -0.508 e. The van der Waals surface area contributed by atoms with Crippen molar-refractivity contribution < 1.29 is 24.0 Å². The van der Waals surface area contributed by atoms with Gasteiger partial charge in [0.1, 0.15) is 23.4 Å². The Hall–Kier alpha value is -3.63. The molecule has 9 nitrogen and oxygen atoms in total. The topological polar surface area (TPSA) is 129 Å². The van der Waals surface area contributed by atoms with E-state index in [4.69, 9.17) is 0 Å².